The number of rotatable bonds is 8. The molecule has 0 aromatic heterocycles. The van der Waals surface area contributed by atoms with Crippen LogP contribution in [0.25, 0.3) is 0 Å². The summed E-state index contributed by atoms with van der Waals surface area (Å²) in [6.45, 7) is 22.7. The van der Waals surface area contributed by atoms with E-state index >= 15 is 0 Å². The van der Waals surface area contributed by atoms with E-state index in [2.05, 4.69) is 85.2 Å². The Labute approximate surface area is 199 Å². The van der Waals surface area contributed by atoms with E-state index in [4.69, 9.17) is 13.6 Å². The smallest absolute Gasteiger partial charge is 0.242 e. The second kappa shape index (κ2) is 8.96. The molecule has 0 bridgehead atoms. The summed E-state index contributed by atoms with van der Waals surface area (Å²) in [6.07, 6.45) is 9.27. The van der Waals surface area contributed by atoms with Gasteiger partial charge in [-0.15, -0.1) is 0 Å². The zero-order valence-electron chi connectivity index (χ0n) is 22.3. The Kier molecular flexibility index (Phi) is 7.16. The van der Waals surface area contributed by atoms with Crippen molar-refractivity contribution in [2.45, 2.75) is 123 Å². The molecule has 1 heterocycles. The first-order valence-corrected chi connectivity index (χ1v) is 19.4. The van der Waals surface area contributed by atoms with Crippen molar-refractivity contribution >= 4 is 16.6 Å². The summed E-state index contributed by atoms with van der Waals surface area (Å²) in [5.74, 6) is 2.18. The van der Waals surface area contributed by atoms with Crippen LogP contribution in [0.4, 0.5) is 0 Å². The van der Waals surface area contributed by atoms with E-state index in [1.807, 2.05) is 0 Å². The minimum Gasteiger partial charge on any atom is -0.544 e. The highest BCUT2D eigenvalue weighted by Crippen LogP contribution is 2.58. The Balaban J connectivity index is 2.21. The van der Waals surface area contributed by atoms with Gasteiger partial charge < -0.3 is 13.6 Å². The third-order valence-corrected chi connectivity index (χ3v) is 8.49. The molecule has 0 saturated heterocycles. The number of aryl methyl sites for hydroxylation is 1. The third-order valence-electron chi connectivity index (χ3n) is 6.68. The van der Waals surface area contributed by atoms with Crippen LogP contribution < -0.4 is 9.16 Å². The summed E-state index contributed by atoms with van der Waals surface area (Å²) < 4.78 is 20.7. The van der Waals surface area contributed by atoms with Crippen molar-refractivity contribution in [2.75, 3.05) is 0 Å². The molecule has 180 valence electrons. The minimum absolute atomic E-state index is 0.151. The van der Waals surface area contributed by atoms with Crippen LogP contribution in [0.2, 0.25) is 39.3 Å². The highest BCUT2D eigenvalue weighted by molar-refractivity contribution is 6.70. The first-order chi connectivity index (χ1) is 14.7. The minimum atomic E-state index is -1.83. The van der Waals surface area contributed by atoms with E-state index in [1.165, 1.54) is 36.0 Å². The Morgan fingerprint density at radius 2 is 1.72 bits per heavy atom. The Morgan fingerprint density at radius 1 is 1.03 bits per heavy atom. The zero-order chi connectivity index (χ0) is 23.9. The molecular formula is C27H46O3Si2. The number of hydrogen-bond donors (Lipinski definition) is 0. The highest BCUT2D eigenvalue weighted by atomic mass is 28.4. The van der Waals surface area contributed by atoms with Crippen molar-refractivity contribution in [2.24, 2.45) is 0 Å². The first-order valence-electron chi connectivity index (χ1n) is 12.6. The summed E-state index contributed by atoms with van der Waals surface area (Å²) in [4.78, 5) is 0. The molecule has 1 aliphatic carbocycles. The molecule has 3 rings (SSSR count). The van der Waals surface area contributed by atoms with E-state index in [0.29, 0.717) is 0 Å². The SMILES string of the molecule is CCCCCc1cc2c(c(O[Si](C)(C)C)c1)[C@@H]1C=C(C)CC[C@]1(O[Si](C)(C)C)C(C)(C)O2. The van der Waals surface area contributed by atoms with Gasteiger partial charge in [0.05, 0.1) is 0 Å². The summed E-state index contributed by atoms with van der Waals surface area (Å²) in [5, 5.41) is 0. The van der Waals surface area contributed by atoms with Crippen molar-refractivity contribution in [3.8, 4) is 11.5 Å². The molecule has 0 amide bonds. The molecule has 5 heteroatoms. The van der Waals surface area contributed by atoms with Crippen LogP contribution in [0.3, 0.4) is 0 Å². The van der Waals surface area contributed by atoms with E-state index in [9.17, 15) is 0 Å². The summed E-state index contributed by atoms with van der Waals surface area (Å²) >= 11 is 0. The average Bonchev–Trinajstić information content (AvgIpc) is 2.60. The summed E-state index contributed by atoms with van der Waals surface area (Å²) in [6, 6.07) is 4.60. The van der Waals surface area contributed by atoms with Crippen molar-refractivity contribution in [3.63, 3.8) is 0 Å². The lowest BCUT2D eigenvalue weighted by molar-refractivity contribution is -0.131. The number of ether oxygens (including phenoxy) is 1. The van der Waals surface area contributed by atoms with Gasteiger partial charge in [0, 0.05) is 11.5 Å². The Morgan fingerprint density at radius 3 is 2.31 bits per heavy atom. The standard InChI is InChI=1S/C27H46O3Si2/c1-11-12-13-14-21-18-23-25(24(19-21)29-31(5,6)7)22-17-20(2)15-16-27(22,26(3,4)28-23)30-32(8,9)10/h17-19,22H,11-16H2,1-10H3/t22-,27+/m0/s1. The number of unbranched alkanes of at least 4 members (excludes halogenated alkanes) is 2. The van der Waals surface area contributed by atoms with Gasteiger partial charge in [-0.2, -0.15) is 0 Å². The molecule has 2 aliphatic rings. The number of benzene rings is 1. The molecular weight excluding hydrogens is 428 g/mol. The maximum absolute atomic E-state index is 7.11. The lowest BCUT2D eigenvalue weighted by Crippen LogP contribution is -2.65. The van der Waals surface area contributed by atoms with E-state index in [1.54, 1.807) is 0 Å². The monoisotopic (exact) mass is 474 g/mol. The molecule has 2 atom stereocenters. The second-order valence-electron chi connectivity index (χ2n) is 12.4. The maximum Gasteiger partial charge on any atom is 0.242 e. The lowest BCUT2D eigenvalue weighted by Gasteiger charge is -2.57. The molecule has 1 aromatic rings. The number of hydrogen-bond acceptors (Lipinski definition) is 3. The van der Waals surface area contributed by atoms with Crippen LogP contribution in [0.1, 0.15) is 76.8 Å². The fourth-order valence-corrected chi connectivity index (χ4v) is 7.76. The van der Waals surface area contributed by atoms with Crippen LogP contribution in [-0.2, 0) is 10.8 Å². The van der Waals surface area contributed by atoms with Gasteiger partial charge in [-0.1, -0.05) is 31.4 Å². The fraction of sp³-hybridized carbons (Fsp3) is 0.704. The average molecular weight is 475 g/mol. The molecule has 0 fully saturated rings. The van der Waals surface area contributed by atoms with Gasteiger partial charge in [0.15, 0.2) is 8.32 Å². The molecule has 1 aromatic carbocycles. The van der Waals surface area contributed by atoms with Crippen molar-refractivity contribution < 1.29 is 13.6 Å². The second-order valence-corrected chi connectivity index (χ2v) is 21.2. The number of allylic oxidation sites excluding steroid dienone is 1. The molecule has 0 N–H and O–H groups in total. The van der Waals surface area contributed by atoms with E-state index < -0.39 is 22.2 Å². The summed E-state index contributed by atoms with van der Waals surface area (Å²) in [5.41, 5.74) is 3.20. The van der Waals surface area contributed by atoms with E-state index in [-0.39, 0.29) is 11.5 Å². The van der Waals surface area contributed by atoms with Crippen LogP contribution in [0.5, 0.6) is 11.5 Å². The molecule has 0 spiro atoms. The van der Waals surface area contributed by atoms with Gasteiger partial charge in [0.1, 0.15) is 22.7 Å². The van der Waals surface area contributed by atoms with Gasteiger partial charge in [0.2, 0.25) is 8.32 Å². The van der Waals surface area contributed by atoms with Gasteiger partial charge in [0.25, 0.3) is 0 Å². The van der Waals surface area contributed by atoms with Crippen LogP contribution >= 0.6 is 0 Å². The van der Waals surface area contributed by atoms with Crippen molar-refractivity contribution in [3.05, 3.63) is 34.9 Å². The van der Waals surface area contributed by atoms with Gasteiger partial charge in [-0.25, -0.2) is 0 Å². The third kappa shape index (κ3) is 5.36. The largest absolute Gasteiger partial charge is 0.544 e. The first kappa shape index (κ1) is 25.6. The van der Waals surface area contributed by atoms with Gasteiger partial charge in [-0.05, 0) is 103 Å². The molecule has 0 saturated carbocycles. The fourth-order valence-electron chi connectivity index (χ4n) is 5.36. The predicted molar refractivity (Wildman–Crippen MR) is 141 cm³/mol. The Bertz CT molecular complexity index is 861. The molecule has 0 unspecified atom stereocenters. The van der Waals surface area contributed by atoms with Crippen LogP contribution in [-0.4, -0.2) is 27.8 Å². The topological polar surface area (TPSA) is 27.7 Å². The van der Waals surface area contributed by atoms with Crippen LogP contribution in [0, 0.1) is 0 Å². The summed E-state index contributed by atoms with van der Waals surface area (Å²) in [7, 11) is -3.64. The maximum atomic E-state index is 7.11. The number of fused-ring (bicyclic) bond motifs is 3. The quantitative estimate of drug-likeness (QED) is 0.216. The normalized spacial score (nSPS) is 24.8. The van der Waals surface area contributed by atoms with Crippen molar-refractivity contribution in [1.29, 1.82) is 0 Å². The van der Waals surface area contributed by atoms with Gasteiger partial charge in [-0.3, -0.25) is 0 Å². The van der Waals surface area contributed by atoms with Gasteiger partial charge >= 0.3 is 0 Å². The van der Waals surface area contributed by atoms with Crippen molar-refractivity contribution in [1.82, 2.24) is 0 Å². The lowest BCUT2D eigenvalue weighted by atomic mass is 9.64. The molecule has 32 heavy (non-hydrogen) atoms. The predicted octanol–water partition coefficient (Wildman–Crippen LogP) is 8.22. The Hall–Kier alpha value is -1.05. The molecule has 1 aliphatic heterocycles. The van der Waals surface area contributed by atoms with E-state index in [0.717, 1.165) is 30.8 Å². The molecule has 0 radical (unpaired) electrons. The highest BCUT2D eigenvalue weighted by Gasteiger charge is 2.59. The molecule has 3 nitrogen and oxygen atoms in total. The zero-order valence-corrected chi connectivity index (χ0v) is 24.3. The van der Waals surface area contributed by atoms with Crippen LogP contribution in [0.15, 0.2) is 23.8 Å².